The summed E-state index contributed by atoms with van der Waals surface area (Å²) in [4.78, 5) is 14.9. The highest BCUT2D eigenvalue weighted by molar-refractivity contribution is 7.98. The fraction of sp³-hybridized carbons (Fsp3) is 0.696. The van der Waals surface area contributed by atoms with Crippen LogP contribution in [-0.4, -0.2) is 52.2 Å². The van der Waals surface area contributed by atoms with Crippen LogP contribution in [0.3, 0.4) is 0 Å². The van der Waals surface area contributed by atoms with Gasteiger partial charge in [0.15, 0.2) is 11.9 Å². The van der Waals surface area contributed by atoms with Crippen LogP contribution in [0, 0.1) is 5.92 Å². The van der Waals surface area contributed by atoms with Crippen LogP contribution >= 0.6 is 35.1 Å². The lowest BCUT2D eigenvalue weighted by atomic mass is 9.87. The van der Waals surface area contributed by atoms with E-state index >= 15 is 0 Å². The number of carbonyl (C=O) groups excluding carboxylic acids is 1. The summed E-state index contributed by atoms with van der Waals surface area (Å²) < 4.78 is 14.9. The minimum atomic E-state index is -0.723. The first kappa shape index (κ1) is 25.9. The van der Waals surface area contributed by atoms with E-state index in [1.54, 1.807) is 18.0 Å². The lowest BCUT2D eigenvalue weighted by Crippen LogP contribution is -2.41. The molecule has 0 spiro atoms. The SMILES string of the molecule is CC1(C)OCC(C(=O)N2CCCC(C(NSC(C)(C)C)c3cc(Cl)c(Cl)cc3O)CC2)O1. The minimum Gasteiger partial charge on any atom is -0.508 e. The zero-order chi connectivity index (χ0) is 23.7. The Morgan fingerprint density at radius 3 is 2.56 bits per heavy atom. The lowest BCUT2D eigenvalue weighted by molar-refractivity contribution is -0.160. The smallest absolute Gasteiger partial charge is 0.254 e. The van der Waals surface area contributed by atoms with E-state index in [9.17, 15) is 9.90 Å². The number of rotatable bonds is 5. The molecule has 1 amide bonds. The number of nitrogens with zero attached hydrogens (tertiary/aromatic N) is 1. The molecule has 180 valence electrons. The zero-order valence-electron chi connectivity index (χ0n) is 19.4. The van der Waals surface area contributed by atoms with Gasteiger partial charge in [-0.25, -0.2) is 0 Å². The summed E-state index contributed by atoms with van der Waals surface area (Å²) in [6.07, 6.45) is 2.03. The predicted molar refractivity (Wildman–Crippen MR) is 130 cm³/mol. The molecule has 2 fully saturated rings. The zero-order valence-corrected chi connectivity index (χ0v) is 21.7. The van der Waals surface area contributed by atoms with Crippen molar-refractivity contribution in [2.24, 2.45) is 5.92 Å². The quantitative estimate of drug-likeness (QED) is 0.511. The highest BCUT2D eigenvalue weighted by atomic mass is 35.5. The average molecular weight is 506 g/mol. The largest absolute Gasteiger partial charge is 0.508 e. The van der Waals surface area contributed by atoms with Crippen LogP contribution in [0.5, 0.6) is 5.75 Å². The fourth-order valence-corrected chi connectivity index (χ4v) is 5.27. The van der Waals surface area contributed by atoms with Gasteiger partial charge in [0.05, 0.1) is 16.7 Å². The van der Waals surface area contributed by atoms with Gasteiger partial charge in [-0.1, -0.05) is 35.1 Å². The molecule has 1 aromatic rings. The molecule has 9 heteroatoms. The van der Waals surface area contributed by atoms with E-state index in [2.05, 4.69) is 25.5 Å². The summed E-state index contributed by atoms with van der Waals surface area (Å²) in [5.41, 5.74) is 0.732. The standard InChI is InChI=1S/C23H34Cl2N2O4S/c1-22(2,3)32-26-20(15-11-16(24)17(25)12-18(15)28)14-7-6-9-27(10-8-14)21(29)19-13-30-23(4,5)31-19/h11-12,14,19-20,26,28H,6-10,13H2,1-5H3. The normalized spacial score (nSPS) is 24.9. The molecule has 2 saturated heterocycles. The molecule has 0 aliphatic carbocycles. The summed E-state index contributed by atoms with van der Waals surface area (Å²) in [7, 11) is 0. The van der Waals surface area contributed by atoms with E-state index in [4.69, 9.17) is 32.7 Å². The molecule has 2 aliphatic rings. The molecule has 6 nitrogen and oxygen atoms in total. The van der Waals surface area contributed by atoms with Crippen LogP contribution < -0.4 is 4.72 Å². The van der Waals surface area contributed by atoms with Gasteiger partial charge in [0.2, 0.25) is 0 Å². The molecule has 2 N–H and O–H groups in total. The van der Waals surface area contributed by atoms with Crippen LogP contribution in [0.1, 0.15) is 65.5 Å². The Balaban J connectivity index is 1.76. The number of phenols is 1. The van der Waals surface area contributed by atoms with E-state index in [0.29, 0.717) is 23.1 Å². The number of halogens is 2. The summed E-state index contributed by atoms with van der Waals surface area (Å²) in [6, 6.07) is 3.12. The Morgan fingerprint density at radius 2 is 1.94 bits per heavy atom. The number of nitrogens with one attached hydrogen (secondary N) is 1. The summed E-state index contributed by atoms with van der Waals surface area (Å²) >= 11 is 14.0. The van der Waals surface area contributed by atoms with Gasteiger partial charge in [-0.05, 0) is 65.9 Å². The van der Waals surface area contributed by atoms with Crippen molar-refractivity contribution in [2.45, 2.75) is 76.6 Å². The maximum absolute atomic E-state index is 13.0. The first-order valence-electron chi connectivity index (χ1n) is 11.1. The Morgan fingerprint density at radius 1 is 1.25 bits per heavy atom. The van der Waals surface area contributed by atoms with Gasteiger partial charge >= 0.3 is 0 Å². The fourth-order valence-electron chi connectivity index (χ4n) is 4.14. The number of hydrogen-bond donors (Lipinski definition) is 2. The second-order valence-electron chi connectivity index (χ2n) is 9.97. The topological polar surface area (TPSA) is 71.0 Å². The van der Waals surface area contributed by atoms with E-state index in [1.807, 2.05) is 18.7 Å². The molecular weight excluding hydrogens is 471 g/mol. The minimum absolute atomic E-state index is 0.0105. The Kier molecular flexibility index (Phi) is 8.33. The molecule has 0 radical (unpaired) electrons. The third-order valence-corrected chi connectivity index (χ3v) is 7.44. The van der Waals surface area contributed by atoms with Crippen molar-refractivity contribution in [2.75, 3.05) is 19.7 Å². The molecule has 2 heterocycles. The number of hydrogen-bond acceptors (Lipinski definition) is 6. The van der Waals surface area contributed by atoms with Gasteiger partial charge in [-0.15, -0.1) is 0 Å². The molecule has 3 unspecified atom stereocenters. The molecule has 0 bridgehead atoms. The molecule has 3 atom stereocenters. The van der Waals surface area contributed by atoms with Gasteiger partial charge in [0.25, 0.3) is 5.91 Å². The van der Waals surface area contributed by atoms with Crippen LogP contribution in [0.4, 0.5) is 0 Å². The number of benzene rings is 1. The first-order valence-corrected chi connectivity index (χ1v) is 12.7. The maximum Gasteiger partial charge on any atom is 0.254 e. The first-order chi connectivity index (χ1) is 14.9. The van der Waals surface area contributed by atoms with Crippen molar-refractivity contribution in [1.82, 2.24) is 9.62 Å². The van der Waals surface area contributed by atoms with Crippen LogP contribution in [-0.2, 0) is 14.3 Å². The van der Waals surface area contributed by atoms with Crippen molar-refractivity contribution in [3.05, 3.63) is 27.7 Å². The Hall–Kier alpha value is -0.700. The monoisotopic (exact) mass is 504 g/mol. The van der Waals surface area contributed by atoms with Gasteiger partial charge in [-0.2, -0.15) is 0 Å². The number of ether oxygens (including phenoxy) is 2. The van der Waals surface area contributed by atoms with Crippen molar-refractivity contribution in [3.63, 3.8) is 0 Å². The molecule has 2 aliphatic heterocycles. The Labute approximate surface area is 205 Å². The van der Waals surface area contributed by atoms with E-state index in [0.717, 1.165) is 24.8 Å². The van der Waals surface area contributed by atoms with Gasteiger partial charge < -0.3 is 19.5 Å². The Bertz CT molecular complexity index is 831. The van der Waals surface area contributed by atoms with Crippen molar-refractivity contribution in [3.8, 4) is 5.75 Å². The molecule has 32 heavy (non-hydrogen) atoms. The molecular formula is C23H34Cl2N2O4S. The predicted octanol–water partition coefficient (Wildman–Crippen LogP) is 5.56. The van der Waals surface area contributed by atoms with Crippen molar-refractivity contribution in [1.29, 1.82) is 0 Å². The second-order valence-corrected chi connectivity index (χ2v) is 12.4. The van der Waals surface area contributed by atoms with Crippen molar-refractivity contribution < 1.29 is 19.4 Å². The average Bonchev–Trinajstić information content (AvgIpc) is 2.89. The molecule has 0 aromatic heterocycles. The molecule has 3 rings (SSSR count). The van der Waals surface area contributed by atoms with Gasteiger partial charge in [-0.3, -0.25) is 9.52 Å². The molecule has 1 aromatic carbocycles. The van der Waals surface area contributed by atoms with Crippen molar-refractivity contribution >= 4 is 41.1 Å². The van der Waals surface area contributed by atoms with E-state index in [1.165, 1.54) is 6.07 Å². The highest BCUT2D eigenvalue weighted by Crippen LogP contribution is 2.41. The van der Waals surface area contributed by atoms with Crippen LogP contribution in [0.25, 0.3) is 0 Å². The van der Waals surface area contributed by atoms with Crippen LogP contribution in [0.2, 0.25) is 10.0 Å². The van der Waals surface area contributed by atoms with E-state index < -0.39 is 11.9 Å². The molecule has 0 saturated carbocycles. The summed E-state index contributed by atoms with van der Waals surface area (Å²) in [6.45, 7) is 11.7. The number of likely N-dealkylation sites (tertiary alicyclic amines) is 1. The van der Waals surface area contributed by atoms with E-state index in [-0.39, 0.29) is 35.0 Å². The lowest BCUT2D eigenvalue weighted by Gasteiger charge is -2.31. The highest BCUT2D eigenvalue weighted by Gasteiger charge is 2.40. The number of carbonyl (C=O) groups is 1. The summed E-state index contributed by atoms with van der Waals surface area (Å²) in [5.74, 6) is -0.397. The second kappa shape index (κ2) is 10.3. The number of phenolic OH excluding ortho intramolecular Hbond substituents is 1. The van der Waals surface area contributed by atoms with Crippen LogP contribution in [0.15, 0.2) is 12.1 Å². The number of amides is 1. The third kappa shape index (κ3) is 6.67. The number of aromatic hydroxyl groups is 1. The maximum atomic E-state index is 13.0. The summed E-state index contributed by atoms with van der Waals surface area (Å²) in [5, 5.41) is 11.4. The third-order valence-electron chi connectivity index (χ3n) is 5.74. The van der Waals surface area contributed by atoms with Gasteiger partial charge in [0.1, 0.15) is 5.75 Å². The van der Waals surface area contributed by atoms with Gasteiger partial charge in [0, 0.05) is 35.5 Å².